The lowest BCUT2D eigenvalue weighted by atomic mass is 10.3. The van der Waals surface area contributed by atoms with Crippen LogP contribution in [0, 0.1) is 0 Å². The van der Waals surface area contributed by atoms with Crippen LogP contribution in [0.2, 0.25) is 0 Å². The Morgan fingerprint density at radius 3 is 2.39 bits per heavy atom. The molecular formula is C15H22BrNO6. The van der Waals surface area contributed by atoms with Crippen LogP contribution in [0.5, 0.6) is 5.75 Å². The zero-order chi connectivity index (χ0) is 17.5. The van der Waals surface area contributed by atoms with Gasteiger partial charge in [0, 0.05) is 18.1 Å². The van der Waals surface area contributed by atoms with Gasteiger partial charge in [-0.15, -0.1) is 0 Å². The van der Waals surface area contributed by atoms with Crippen LogP contribution in [0.15, 0.2) is 28.7 Å². The van der Waals surface area contributed by atoms with Gasteiger partial charge in [0.05, 0.1) is 13.2 Å². The number of ether oxygens (including phenoxy) is 2. The van der Waals surface area contributed by atoms with Gasteiger partial charge >= 0.3 is 11.9 Å². The fourth-order valence-corrected chi connectivity index (χ4v) is 1.78. The van der Waals surface area contributed by atoms with Gasteiger partial charge < -0.3 is 25.0 Å². The summed E-state index contributed by atoms with van der Waals surface area (Å²) in [6.07, 6.45) is 2.18. The molecule has 1 aromatic carbocycles. The average Bonchev–Trinajstić information content (AvgIpc) is 2.50. The summed E-state index contributed by atoms with van der Waals surface area (Å²) in [6.45, 7) is 3.48. The van der Waals surface area contributed by atoms with E-state index < -0.39 is 11.9 Å². The third-order valence-electron chi connectivity index (χ3n) is 2.48. The maximum absolute atomic E-state index is 9.10. The molecule has 1 aromatic rings. The molecule has 0 aliphatic rings. The summed E-state index contributed by atoms with van der Waals surface area (Å²) in [5.41, 5.74) is 0. The number of methoxy groups -OCH3 is 1. The van der Waals surface area contributed by atoms with Gasteiger partial charge in [0.2, 0.25) is 0 Å². The number of unbranched alkanes of at least 4 members (excludes halogenated alkanes) is 1. The molecule has 0 radical (unpaired) electrons. The fourth-order valence-electron chi connectivity index (χ4n) is 1.40. The topological polar surface area (TPSA) is 105 Å². The Morgan fingerprint density at radius 2 is 1.83 bits per heavy atom. The minimum Gasteiger partial charge on any atom is -0.494 e. The van der Waals surface area contributed by atoms with E-state index in [4.69, 9.17) is 29.3 Å². The molecule has 23 heavy (non-hydrogen) atoms. The second-order valence-corrected chi connectivity index (χ2v) is 5.28. The van der Waals surface area contributed by atoms with Gasteiger partial charge in [-0.2, -0.15) is 0 Å². The van der Waals surface area contributed by atoms with Gasteiger partial charge in [0.1, 0.15) is 5.75 Å². The third kappa shape index (κ3) is 13.7. The molecular weight excluding hydrogens is 370 g/mol. The maximum Gasteiger partial charge on any atom is 0.414 e. The van der Waals surface area contributed by atoms with Gasteiger partial charge in [0.25, 0.3) is 0 Å². The molecule has 7 nitrogen and oxygen atoms in total. The van der Waals surface area contributed by atoms with E-state index >= 15 is 0 Å². The fraction of sp³-hybridized carbons (Fsp3) is 0.467. The molecule has 0 heterocycles. The Labute approximate surface area is 143 Å². The van der Waals surface area contributed by atoms with Crippen molar-refractivity contribution in [3.05, 3.63) is 28.7 Å². The summed E-state index contributed by atoms with van der Waals surface area (Å²) in [7, 11) is 1.72. The van der Waals surface area contributed by atoms with E-state index in [1.165, 1.54) is 0 Å². The molecule has 0 amide bonds. The van der Waals surface area contributed by atoms with Crippen molar-refractivity contribution in [1.82, 2.24) is 5.32 Å². The molecule has 0 saturated carbocycles. The lowest BCUT2D eigenvalue weighted by Gasteiger charge is -2.07. The predicted molar refractivity (Wildman–Crippen MR) is 88.9 cm³/mol. The predicted octanol–water partition coefficient (Wildman–Crippen LogP) is 2.00. The van der Waals surface area contributed by atoms with Crippen molar-refractivity contribution in [2.75, 3.05) is 33.4 Å². The number of halogens is 1. The van der Waals surface area contributed by atoms with E-state index in [1.54, 1.807) is 7.11 Å². The Hall–Kier alpha value is -1.64. The highest BCUT2D eigenvalue weighted by Gasteiger charge is 2.04. The molecule has 0 saturated heterocycles. The molecule has 1 rings (SSSR count). The first-order valence-electron chi connectivity index (χ1n) is 7.01. The zero-order valence-corrected chi connectivity index (χ0v) is 14.5. The van der Waals surface area contributed by atoms with Crippen LogP contribution in [0.1, 0.15) is 12.8 Å². The molecule has 0 aliphatic carbocycles. The minimum atomic E-state index is -1.82. The van der Waals surface area contributed by atoms with Crippen LogP contribution in [0.4, 0.5) is 0 Å². The van der Waals surface area contributed by atoms with E-state index in [-0.39, 0.29) is 0 Å². The van der Waals surface area contributed by atoms with Crippen LogP contribution in [-0.4, -0.2) is 55.6 Å². The quantitative estimate of drug-likeness (QED) is 0.436. The number of carbonyl (C=O) groups is 2. The van der Waals surface area contributed by atoms with Gasteiger partial charge in [-0.05, 0) is 37.6 Å². The van der Waals surface area contributed by atoms with Crippen LogP contribution < -0.4 is 10.1 Å². The Bertz CT molecular complexity index is 457. The second kappa shape index (κ2) is 14.0. The number of benzene rings is 1. The first kappa shape index (κ1) is 21.4. The summed E-state index contributed by atoms with van der Waals surface area (Å²) in [6, 6.07) is 7.93. The lowest BCUT2D eigenvalue weighted by Crippen LogP contribution is -2.20. The maximum atomic E-state index is 9.10. The largest absolute Gasteiger partial charge is 0.494 e. The van der Waals surface area contributed by atoms with Crippen LogP contribution in [0.3, 0.4) is 0 Å². The summed E-state index contributed by atoms with van der Waals surface area (Å²) in [5.74, 6) is -2.73. The third-order valence-corrected chi connectivity index (χ3v) is 2.97. The van der Waals surface area contributed by atoms with Gasteiger partial charge in [0.15, 0.2) is 0 Å². The van der Waals surface area contributed by atoms with E-state index in [0.717, 1.165) is 49.4 Å². The van der Waals surface area contributed by atoms with E-state index in [9.17, 15) is 0 Å². The first-order chi connectivity index (χ1) is 11.0. The smallest absolute Gasteiger partial charge is 0.414 e. The van der Waals surface area contributed by atoms with Crippen molar-refractivity contribution in [1.29, 1.82) is 0 Å². The molecule has 0 aliphatic heterocycles. The number of nitrogens with one attached hydrogen (secondary N) is 1. The molecule has 130 valence electrons. The standard InChI is InChI=1S/C13H20BrNO2.C2H2O4/c1-16-10-8-15-7-2-3-9-17-13-6-4-5-12(14)11-13;3-1(4)2(5)6/h4-6,11,15H,2-3,7-10H2,1H3;(H,3,4)(H,5,6). The highest BCUT2D eigenvalue weighted by atomic mass is 79.9. The number of hydrogen-bond acceptors (Lipinski definition) is 5. The monoisotopic (exact) mass is 391 g/mol. The highest BCUT2D eigenvalue weighted by molar-refractivity contribution is 9.10. The van der Waals surface area contributed by atoms with Crippen LogP contribution >= 0.6 is 15.9 Å². The number of aliphatic carboxylic acids is 2. The molecule has 3 N–H and O–H groups in total. The highest BCUT2D eigenvalue weighted by Crippen LogP contribution is 2.17. The van der Waals surface area contributed by atoms with Crippen molar-refractivity contribution >= 4 is 27.9 Å². The SMILES string of the molecule is COCCNCCCCOc1cccc(Br)c1.O=C(O)C(=O)O. The van der Waals surface area contributed by atoms with Crippen molar-refractivity contribution < 1.29 is 29.3 Å². The molecule has 0 bridgehead atoms. The van der Waals surface area contributed by atoms with Gasteiger partial charge in [-0.25, -0.2) is 9.59 Å². The first-order valence-corrected chi connectivity index (χ1v) is 7.81. The second-order valence-electron chi connectivity index (χ2n) is 4.37. The summed E-state index contributed by atoms with van der Waals surface area (Å²) in [5, 5.41) is 18.1. The van der Waals surface area contributed by atoms with E-state index in [1.807, 2.05) is 24.3 Å². The molecule has 0 unspecified atom stereocenters. The van der Waals surface area contributed by atoms with E-state index in [2.05, 4.69) is 21.2 Å². The average molecular weight is 392 g/mol. The van der Waals surface area contributed by atoms with Gasteiger partial charge in [-0.1, -0.05) is 22.0 Å². The Morgan fingerprint density at radius 1 is 1.13 bits per heavy atom. The molecule has 0 fully saturated rings. The van der Waals surface area contributed by atoms with Crippen LogP contribution in [0.25, 0.3) is 0 Å². The Kier molecular flexibility index (Phi) is 13.0. The van der Waals surface area contributed by atoms with Crippen molar-refractivity contribution in [3.63, 3.8) is 0 Å². The Balaban J connectivity index is 0.000000688. The molecule has 0 aromatic heterocycles. The van der Waals surface area contributed by atoms with Crippen LogP contribution in [-0.2, 0) is 14.3 Å². The molecule has 0 atom stereocenters. The number of rotatable bonds is 9. The number of carboxylic acids is 2. The number of carboxylic acid groups (broad SMARTS) is 2. The summed E-state index contributed by atoms with van der Waals surface area (Å²) in [4.78, 5) is 18.2. The normalized spacial score (nSPS) is 9.65. The number of hydrogen-bond donors (Lipinski definition) is 3. The van der Waals surface area contributed by atoms with Crippen molar-refractivity contribution in [2.24, 2.45) is 0 Å². The lowest BCUT2D eigenvalue weighted by molar-refractivity contribution is -0.159. The minimum absolute atomic E-state index is 0.766. The van der Waals surface area contributed by atoms with Crippen molar-refractivity contribution in [2.45, 2.75) is 12.8 Å². The van der Waals surface area contributed by atoms with Crippen molar-refractivity contribution in [3.8, 4) is 5.75 Å². The molecule has 0 spiro atoms. The summed E-state index contributed by atoms with van der Waals surface area (Å²) >= 11 is 3.42. The van der Waals surface area contributed by atoms with E-state index in [0.29, 0.717) is 0 Å². The van der Waals surface area contributed by atoms with Gasteiger partial charge in [-0.3, -0.25) is 0 Å². The molecule has 8 heteroatoms. The zero-order valence-electron chi connectivity index (χ0n) is 13.0. The summed E-state index contributed by atoms with van der Waals surface area (Å²) < 4.78 is 11.6.